The molecule has 1 fully saturated rings. The van der Waals surface area contributed by atoms with Gasteiger partial charge in [0.15, 0.2) is 0 Å². The van der Waals surface area contributed by atoms with Crippen LogP contribution in [0.3, 0.4) is 0 Å². The molecule has 0 spiro atoms. The predicted octanol–water partition coefficient (Wildman–Crippen LogP) is 4.58. The zero-order valence-electron chi connectivity index (χ0n) is 15.6. The van der Waals surface area contributed by atoms with Crippen LogP contribution in [0.25, 0.3) is 0 Å². The summed E-state index contributed by atoms with van der Waals surface area (Å²) in [4.78, 5) is 11.5. The maximum atomic E-state index is 11.5. The molecule has 1 saturated heterocycles. The van der Waals surface area contributed by atoms with Crippen molar-refractivity contribution in [2.45, 2.75) is 57.7 Å². The van der Waals surface area contributed by atoms with Gasteiger partial charge in [0.1, 0.15) is 11.5 Å². The molecule has 2 N–H and O–H groups in total. The molecule has 26 heavy (non-hydrogen) atoms. The minimum atomic E-state index is 0.157. The zero-order valence-corrected chi connectivity index (χ0v) is 15.6. The standard InChI is InChI=1S/C22H28N2O2/c1-3-7-21(24-20-14-15-22(25)23-16(20)2)17-10-12-19(13-11-17)26-18-8-5-4-6-9-18/h4-6,8-13,16,20-21,24H,3,7,14-15H2,1-2H3,(H,23,25). The van der Waals surface area contributed by atoms with Crippen LogP contribution in [0, 0.1) is 0 Å². The topological polar surface area (TPSA) is 50.4 Å². The first-order valence-electron chi connectivity index (χ1n) is 9.54. The van der Waals surface area contributed by atoms with Crippen LogP contribution >= 0.6 is 0 Å². The predicted molar refractivity (Wildman–Crippen MR) is 104 cm³/mol. The van der Waals surface area contributed by atoms with Crippen molar-refractivity contribution in [1.82, 2.24) is 10.6 Å². The number of hydrogen-bond acceptors (Lipinski definition) is 3. The molecule has 0 saturated carbocycles. The molecule has 1 aliphatic rings. The molecule has 3 unspecified atom stereocenters. The van der Waals surface area contributed by atoms with Crippen LogP contribution in [-0.2, 0) is 4.79 Å². The quantitative estimate of drug-likeness (QED) is 0.767. The molecule has 4 heteroatoms. The maximum absolute atomic E-state index is 11.5. The molecule has 2 aromatic rings. The highest BCUT2D eigenvalue weighted by Gasteiger charge is 2.27. The Morgan fingerprint density at radius 3 is 2.46 bits per heavy atom. The summed E-state index contributed by atoms with van der Waals surface area (Å²) in [7, 11) is 0. The molecule has 0 aromatic heterocycles. The van der Waals surface area contributed by atoms with Crippen molar-refractivity contribution >= 4 is 5.91 Å². The Kier molecular flexibility index (Phi) is 6.29. The van der Waals surface area contributed by atoms with E-state index in [4.69, 9.17) is 4.74 Å². The molecule has 1 heterocycles. The lowest BCUT2D eigenvalue weighted by molar-refractivity contribution is -0.123. The number of nitrogens with one attached hydrogen (secondary N) is 2. The van der Waals surface area contributed by atoms with Crippen molar-refractivity contribution in [3.05, 3.63) is 60.2 Å². The second-order valence-corrected chi connectivity index (χ2v) is 6.99. The van der Waals surface area contributed by atoms with Gasteiger partial charge < -0.3 is 15.4 Å². The number of benzene rings is 2. The van der Waals surface area contributed by atoms with E-state index >= 15 is 0 Å². The van der Waals surface area contributed by atoms with Gasteiger partial charge in [-0.05, 0) is 49.6 Å². The third-order valence-corrected chi connectivity index (χ3v) is 4.93. The monoisotopic (exact) mass is 352 g/mol. The normalized spacial score (nSPS) is 21.1. The highest BCUT2D eigenvalue weighted by atomic mass is 16.5. The van der Waals surface area contributed by atoms with Crippen molar-refractivity contribution in [3.63, 3.8) is 0 Å². The Balaban J connectivity index is 1.66. The van der Waals surface area contributed by atoms with Gasteiger partial charge in [0.25, 0.3) is 0 Å². The average molecular weight is 352 g/mol. The molecule has 3 atom stereocenters. The van der Waals surface area contributed by atoms with Crippen molar-refractivity contribution in [3.8, 4) is 11.5 Å². The van der Waals surface area contributed by atoms with E-state index in [0.717, 1.165) is 30.8 Å². The van der Waals surface area contributed by atoms with Gasteiger partial charge >= 0.3 is 0 Å². The molecule has 2 aromatic carbocycles. The molecule has 1 amide bonds. The number of para-hydroxylation sites is 1. The molecule has 0 radical (unpaired) electrons. The molecule has 1 aliphatic heterocycles. The van der Waals surface area contributed by atoms with E-state index in [1.165, 1.54) is 5.56 Å². The Labute approximate surface area is 156 Å². The first-order chi connectivity index (χ1) is 12.7. The van der Waals surface area contributed by atoms with Crippen LogP contribution in [-0.4, -0.2) is 18.0 Å². The summed E-state index contributed by atoms with van der Waals surface area (Å²) in [5.74, 6) is 1.84. The Morgan fingerprint density at radius 1 is 1.12 bits per heavy atom. The molecule has 4 nitrogen and oxygen atoms in total. The van der Waals surface area contributed by atoms with Gasteiger partial charge in [0.05, 0.1) is 0 Å². The third-order valence-electron chi connectivity index (χ3n) is 4.93. The fourth-order valence-corrected chi connectivity index (χ4v) is 3.48. The van der Waals surface area contributed by atoms with Crippen molar-refractivity contribution in [2.24, 2.45) is 0 Å². The van der Waals surface area contributed by atoms with Gasteiger partial charge in [0.2, 0.25) is 5.91 Å². The van der Waals surface area contributed by atoms with Gasteiger partial charge in [-0.15, -0.1) is 0 Å². The molecular weight excluding hydrogens is 324 g/mol. The van der Waals surface area contributed by atoms with E-state index in [9.17, 15) is 4.79 Å². The Bertz CT molecular complexity index is 700. The number of rotatable bonds is 7. The first kappa shape index (κ1) is 18.5. The van der Waals surface area contributed by atoms with E-state index in [1.807, 2.05) is 42.5 Å². The molecular formula is C22H28N2O2. The number of amides is 1. The van der Waals surface area contributed by atoms with Crippen molar-refractivity contribution < 1.29 is 9.53 Å². The van der Waals surface area contributed by atoms with Gasteiger partial charge in [0, 0.05) is 24.5 Å². The largest absolute Gasteiger partial charge is 0.457 e. The van der Waals surface area contributed by atoms with Crippen LogP contribution in [0.15, 0.2) is 54.6 Å². The molecule has 0 aliphatic carbocycles. The van der Waals surface area contributed by atoms with E-state index in [1.54, 1.807) is 0 Å². The molecule has 3 rings (SSSR count). The number of carbonyl (C=O) groups is 1. The summed E-state index contributed by atoms with van der Waals surface area (Å²) in [5, 5.41) is 6.80. The second-order valence-electron chi connectivity index (χ2n) is 6.99. The molecule has 0 bridgehead atoms. The highest BCUT2D eigenvalue weighted by Crippen LogP contribution is 2.26. The SMILES string of the molecule is CCCC(NC1CCC(=O)NC1C)c1ccc(Oc2ccccc2)cc1. The van der Waals surface area contributed by atoms with E-state index in [0.29, 0.717) is 12.5 Å². The van der Waals surface area contributed by atoms with Gasteiger partial charge in [-0.2, -0.15) is 0 Å². The summed E-state index contributed by atoms with van der Waals surface area (Å²) in [6.07, 6.45) is 3.66. The zero-order chi connectivity index (χ0) is 18.4. The summed E-state index contributed by atoms with van der Waals surface area (Å²) < 4.78 is 5.88. The number of ether oxygens (including phenoxy) is 1. The van der Waals surface area contributed by atoms with Crippen LogP contribution in [0.1, 0.15) is 51.1 Å². The summed E-state index contributed by atoms with van der Waals surface area (Å²) in [5.41, 5.74) is 1.26. The van der Waals surface area contributed by atoms with Crippen LogP contribution in [0.5, 0.6) is 11.5 Å². The van der Waals surface area contributed by atoms with Gasteiger partial charge in [-0.3, -0.25) is 4.79 Å². The summed E-state index contributed by atoms with van der Waals surface area (Å²) in [6, 6.07) is 18.9. The maximum Gasteiger partial charge on any atom is 0.220 e. The number of piperidine rings is 1. The van der Waals surface area contributed by atoms with Crippen molar-refractivity contribution in [2.75, 3.05) is 0 Å². The minimum Gasteiger partial charge on any atom is -0.457 e. The minimum absolute atomic E-state index is 0.157. The number of carbonyl (C=O) groups excluding carboxylic acids is 1. The van der Waals surface area contributed by atoms with Crippen LogP contribution in [0.4, 0.5) is 0 Å². The molecule has 138 valence electrons. The van der Waals surface area contributed by atoms with Crippen LogP contribution in [0.2, 0.25) is 0 Å². The lowest BCUT2D eigenvalue weighted by atomic mass is 9.95. The van der Waals surface area contributed by atoms with Gasteiger partial charge in [-0.1, -0.05) is 43.7 Å². The summed E-state index contributed by atoms with van der Waals surface area (Å²) >= 11 is 0. The van der Waals surface area contributed by atoms with Gasteiger partial charge in [-0.25, -0.2) is 0 Å². The van der Waals surface area contributed by atoms with Crippen molar-refractivity contribution in [1.29, 1.82) is 0 Å². The van der Waals surface area contributed by atoms with E-state index in [-0.39, 0.29) is 18.0 Å². The Hall–Kier alpha value is -2.33. The van der Waals surface area contributed by atoms with E-state index < -0.39 is 0 Å². The second kappa shape index (κ2) is 8.86. The number of hydrogen-bond donors (Lipinski definition) is 2. The fraction of sp³-hybridized carbons (Fsp3) is 0.409. The fourth-order valence-electron chi connectivity index (χ4n) is 3.48. The van der Waals surface area contributed by atoms with Crippen LogP contribution < -0.4 is 15.4 Å². The Morgan fingerprint density at radius 2 is 1.81 bits per heavy atom. The van der Waals surface area contributed by atoms with E-state index in [2.05, 4.69) is 36.6 Å². The smallest absolute Gasteiger partial charge is 0.220 e. The lowest BCUT2D eigenvalue weighted by Crippen LogP contribution is -2.53. The lowest BCUT2D eigenvalue weighted by Gasteiger charge is -2.34. The average Bonchev–Trinajstić information content (AvgIpc) is 2.65. The highest BCUT2D eigenvalue weighted by molar-refractivity contribution is 5.77. The third kappa shape index (κ3) is 4.85. The first-order valence-corrected chi connectivity index (χ1v) is 9.54. The summed E-state index contributed by atoms with van der Waals surface area (Å²) in [6.45, 7) is 4.28.